The van der Waals surface area contributed by atoms with E-state index in [-0.39, 0.29) is 22.9 Å². The smallest absolute Gasteiger partial charge is 0.233 e. The minimum atomic E-state index is -0.604. The fourth-order valence-electron chi connectivity index (χ4n) is 2.16. The number of carbonyl (C=O) groups excluding carboxylic acids is 2. The van der Waals surface area contributed by atoms with Crippen molar-refractivity contribution in [2.75, 3.05) is 0 Å². The van der Waals surface area contributed by atoms with Crippen LogP contribution in [0.3, 0.4) is 0 Å². The van der Waals surface area contributed by atoms with Crippen molar-refractivity contribution in [2.24, 2.45) is 5.92 Å². The monoisotopic (exact) mass is 243 g/mol. The summed E-state index contributed by atoms with van der Waals surface area (Å²) in [6.45, 7) is 5.47. The van der Waals surface area contributed by atoms with Gasteiger partial charge in [-0.1, -0.05) is 26.7 Å². The van der Waals surface area contributed by atoms with Gasteiger partial charge in [-0.05, 0) is 25.7 Å². The van der Waals surface area contributed by atoms with E-state index in [2.05, 4.69) is 17.9 Å². The molecule has 0 radical (unpaired) electrons. The summed E-state index contributed by atoms with van der Waals surface area (Å²) in [5, 5.41) is 2.57. The molecule has 1 aliphatic carbocycles. The Morgan fingerprint density at radius 1 is 1.25 bits per heavy atom. The first-order valence-electron chi connectivity index (χ1n) is 5.90. The van der Waals surface area contributed by atoms with Crippen molar-refractivity contribution < 1.29 is 9.59 Å². The summed E-state index contributed by atoms with van der Waals surface area (Å²) in [6.07, 6.45) is 3.57. The SMILES string of the molecule is CC(=O)C1(NC(=O)C(S)C(C)C)CCCC1. The lowest BCUT2D eigenvalue weighted by Crippen LogP contribution is -2.54. The van der Waals surface area contributed by atoms with E-state index in [4.69, 9.17) is 0 Å². The molecule has 0 aromatic rings. The predicted octanol–water partition coefficient (Wildman–Crippen LogP) is 1.96. The standard InChI is InChI=1S/C12H21NO2S/c1-8(2)10(16)11(15)13-12(9(3)14)6-4-5-7-12/h8,10,16H,4-7H2,1-3H3,(H,13,15). The third-order valence-electron chi connectivity index (χ3n) is 3.39. The zero-order chi connectivity index (χ0) is 12.3. The highest BCUT2D eigenvalue weighted by atomic mass is 32.1. The summed E-state index contributed by atoms with van der Waals surface area (Å²) >= 11 is 4.27. The van der Waals surface area contributed by atoms with E-state index in [1.54, 1.807) is 6.92 Å². The molecule has 4 heteroatoms. The van der Waals surface area contributed by atoms with Crippen LogP contribution >= 0.6 is 12.6 Å². The van der Waals surface area contributed by atoms with Gasteiger partial charge in [0.1, 0.15) is 0 Å². The molecule has 0 spiro atoms. The molecule has 1 fully saturated rings. The van der Waals surface area contributed by atoms with Gasteiger partial charge in [-0.3, -0.25) is 9.59 Å². The molecular formula is C12H21NO2S. The predicted molar refractivity (Wildman–Crippen MR) is 67.6 cm³/mol. The minimum absolute atomic E-state index is 0.0719. The van der Waals surface area contributed by atoms with E-state index in [9.17, 15) is 9.59 Å². The van der Waals surface area contributed by atoms with Crippen LogP contribution in [0.2, 0.25) is 0 Å². The Hall–Kier alpha value is -0.510. The highest BCUT2D eigenvalue weighted by molar-refractivity contribution is 7.81. The lowest BCUT2D eigenvalue weighted by atomic mass is 9.92. The summed E-state index contributed by atoms with van der Waals surface area (Å²) in [6, 6.07) is 0. The van der Waals surface area contributed by atoms with Gasteiger partial charge in [0.05, 0.1) is 10.8 Å². The van der Waals surface area contributed by atoms with Crippen molar-refractivity contribution in [1.29, 1.82) is 0 Å². The number of rotatable bonds is 4. The molecule has 0 aromatic carbocycles. The number of ketones is 1. The van der Waals surface area contributed by atoms with E-state index < -0.39 is 5.54 Å². The molecule has 1 aliphatic rings. The molecule has 0 aliphatic heterocycles. The molecule has 3 nitrogen and oxygen atoms in total. The minimum Gasteiger partial charge on any atom is -0.343 e. The summed E-state index contributed by atoms with van der Waals surface area (Å²) in [5.74, 6) is 0.131. The molecule has 16 heavy (non-hydrogen) atoms. The highest BCUT2D eigenvalue weighted by Gasteiger charge is 2.40. The van der Waals surface area contributed by atoms with Crippen LogP contribution in [0, 0.1) is 5.92 Å². The van der Waals surface area contributed by atoms with E-state index in [0.29, 0.717) is 0 Å². The van der Waals surface area contributed by atoms with Gasteiger partial charge in [0.15, 0.2) is 5.78 Å². The van der Waals surface area contributed by atoms with Crippen molar-refractivity contribution in [3.05, 3.63) is 0 Å². The second-order valence-corrected chi connectivity index (χ2v) is 5.58. The third-order valence-corrected chi connectivity index (χ3v) is 4.22. The average Bonchev–Trinajstić information content (AvgIpc) is 2.66. The van der Waals surface area contributed by atoms with Crippen molar-refractivity contribution >= 4 is 24.3 Å². The van der Waals surface area contributed by atoms with E-state index in [1.807, 2.05) is 13.8 Å². The number of hydrogen-bond donors (Lipinski definition) is 2. The van der Waals surface area contributed by atoms with E-state index >= 15 is 0 Å². The van der Waals surface area contributed by atoms with Crippen LogP contribution in [0.1, 0.15) is 46.5 Å². The number of nitrogens with one attached hydrogen (secondary N) is 1. The van der Waals surface area contributed by atoms with Crippen LogP contribution in [0.25, 0.3) is 0 Å². The van der Waals surface area contributed by atoms with E-state index in [0.717, 1.165) is 25.7 Å². The lowest BCUT2D eigenvalue weighted by Gasteiger charge is -2.29. The average molecular weight is 243 g/mol. The zero-order valence-electron chi connectivity index (χ0n) is 10.2. The van der Waals surface area contributed by atoms with Gasteiger partial charge < -0.3 is 5.32 Å². The molecule has 0 saturated heterocycles. The fraction of sp³-hybridized carbons (Fsp3) is 0.833. The fourth-order valence-corrected chi connectivity index (χ4v) is 2.22. The van der Waals surface area contributed by atoms with Crippen molar-refractivity contribution in [3.63, 3.8) is 0 Å². The Kier molecular flexibility index (Phi) is 4.42. The molecule has 1 rings (SSSR count). The van der Waals surface area contributed by atoms with Gasteiger partial charge in [-0.25, -0.2) is 0 Å². The van der Waals surface area contributed by atoms with Crippen LogP contribution in [-0.4, -0.2) is 22.5 Å². The maximum absolute atomic E-state index is 11.9. The number of hydrogen-bond acceptors (Lipinski definition) is 3. The Balaban J connectivity index is 2.70. The van der Waals surface area contributed by atoms with Crippen LogP contribution in [0.5, 0.6) is 0 Å². The second-order valence-electron chi connectivity index (χ2n) is 5.02. The molecule has 1 amide bonds. The molecule has 0 bridgehead atoms. The van der Waals surface area contributed by atoms with Crippen molar-refractivity contribution in [1.82, 2.24) is 5.32 Å². The van der Waals surface area contributed by atoms with Crippen LogP contribution in [-0.2, 0) is 9.59 Å². The van der Waals surface area contributed by atoms with Gasteiger partial charge in [0.2, 0.25) is 5.91 Å². The third kappa shape index (κ3) is 2.78. The Morgan fingerprint density at radius 2 is 1.75 bits per heavy atom. The Bertz CT molecular complexity index is 283. The van der Waals surface area contributed by atoms with E-state index in [1.165, 1.54) is 0 Å². The highest BCUT2D eigenvalue weighted by Crippen LogP contribution is 2.31. The quantitative estimate of drug-likeness (QED) is 0.741. The normalized spacial score (nSPS) is 20.8. The van der Waals surface area contributed by atoms with Gasteiger partial charge in [-0.15, -0.1) is 0 Å². The summed E-state index contributed by atoms with van der Waals surface area (Å²) in [7, 11) is 0. The molecule has 1 atom stereocenters. The van der Waals surface area contributed by atoms with Gasteiger partial charge >= 0.3 is 0 Å². The van der Waals surface area contributed by atoms with Crippen molar-refractivity contribution in [3.8, 4) is 0 Å². The second kappa shape index (κ2) is 5.21. The first-order valence-corrected chi connectivity index (χ1v) is 6.42. The van der Waals surface area contributed by atoms with Gasteiger partial charge in [0, 0.05) is 0 Å². The summed E-state index contributed by atoms with van der Waals surface area (Å²) in [4.78, 5) is 23.6. The van der Waals surface area contributed by atoms with Crippen LogP contribution in [0.15, 0.2) is 0 Å². The molecule has 0 heterocycles. The molecule has 1 saturated carbocycles. The van der Waals surface area contributed by atoms with Crippen LogP contribution in [0.4, 0.5) is 0 Å². The molecule has 92 valence electrons. The lowest BCUT2D eigenvalue weighted by molar-refractivity contribution is -0.130. The summed E-state index contributed by atoms with van der Waals surface area (Å²) in [5.41, 5.74) is -0.604. The number of thiol groups is 1. The topological polar surface area (TPSA) is 46.2 Å². The maximum atomic E-state index is 11.9. The first-order chi connectivity index (χ1) is 7.39. The first kappa shape index (κ1) is 13.6. The molecule has 0 aromatic heterocycles. The number of carbonyl (C=O) groups is 2. The largest absolute Gasteiger partial charge is 0.343 e. The van der Waals surface area contributed by atoms with Crippen molar-refractivity contribution in [2.45, 2.75) is 57.2 Å². The number of Topliss-reactive ketones (excluding diaryl/α,β-unsaturated/α-hetero) is 1. The Labute approximate surface area is 103 Å². The Morgan fingerprint density at radius 3 is 2.12 bits per heavy atom. The molecule has 1 N–H and O–H groups in total. The maximum Gasteiger partial charge on any atom is 0.233 e. The number of amides is 1. The molecular weight excluding hydrogens is 222 g/mol. The summed E-state index contributed by atoms with van der Waals surface area (Å²) < 4.78 is 0. The van der Waals surface area contributed by atoms with Crippen LogP contribution < -0.4 is 5.32 Å². The van der Waals surface area contributed by atoms with Gasteiger partial charge in [0.25, 0.3) is 0 Å². The zero-order valence-corrected chi connectivity index (χ0v) is 11.1. The van der Waals surface area contributed by atoms with Gasteiger partial charge in [-0.2, -0.15) is 12.6 Å². The molecule has 1 unspecified atom stereocenters.